The quantitative estimate of drug-likeness (QED) is 0.0399. The fourth-order valence-electron chi connectivity index (χ4n) is 5.17. The van der Waals surface area contributed by atoms with Crippen LogP contribution in [0.3, 0.4) is 0 Å². The van der Waals surface area contributed by atoms with Crippen molar-refractivity contribution in [3.63, 3.8) is 0 Å². The summed E-state index contributed by atoms with van der Waals surface area (Å²) < 4.78 is 24.7. The standard InChI is InChI=1S/C35H57ClN2O7Si2/c1-15-25(3)33-35(7,43-33)30(45-47(13,14)34(4,5)6)22-31(39)37(8)28-20-26(21-29(42-9)32(28)36)19-24(2)17-16-18-27(23-38(40)41)44-46(10,11)12/h15-18,20-21,25,27,30,33H,1,19,22-23H2,2-14H3/b18-16+,24-17+/t25-,27?,30+,33+,35+/m1/s1. The van der Waals surface area contributed by atoms with Gasteiger partial charge in [-0.25, -0.2) is 0 Å². The maximum atomic E-state index is 14.0. The van der Waals surface area contributed by atoms with E-state index in [2.05, 4.69) is 47.4 Å². The second-order valence-electron chi connectivity index (χ2n) is 15.3. The minimum Gasteiger partial charge on any atom is -0.495 e. The largest absolute Gasteiger partial charge is 0.495 e. The third-order valence-corrected chi connectivity index (χ3v) is 14.9. The van der Waals surface area contributed by atoms with Crippen LogP contribution in [-0.2, 0) is 24.8 Å². The minimum atomic E-state index is -2.26. The van der Waals surface area contributed by atoms with Crippen molar-refractivity contribution in [3.05, 3.63) is 69.3 Å². The number of ether oxygens (including phenoxy) is 2. The molecule has 264 valence electrons. The molecule has 1 aromatic rings. The van der Waals surface area contributed by atoms with Gasteiger partial charge in [-0.2, -0.15) is 0 Å². The smallest absolute Gasteiger partial charge is 0.232 e. The van der Waals surface area contributed by atoms with E-state index in [-0.39, 0.29) is 40.9 Å². The van der Waals surface area contributed by atoms with Gasteiger partial charge in [0, 0.05) is 17.9 Å². The predicted octanol–water partition coefficient (Wildman–Crippen LogP) is 8.61. The molecule has 0 N–H and O–H groups in total. The Morgan fingerprint density at radius 3 is 2.36 bits per heavy atom. The molecule has 2 rings (SSSR count). The number of methoxy groups -OCH3 is 1. The van der Waals surface area contributed by atoms with Crippen LogP contribution in [0, 0.1) is 16.0 Å². The summed E-state index contributed by atoms with van der Waals surface area (Å²) >= 11 is 6.79. The summed E-state index contributed by atoms with van der Waals surface area (Å²) in [5.41, 5.74) is 1.82. The van der Waals surface area contributed by atoms with Crippen molar-refractivity contribution in [1.82, 2.24) is 0 Å². The number of benzene rings is 1. The number of hydrogen-bond donors (Lipinski definition) is 0. The highest BCUT2D eigenvalue weighted by Crippen LogP contribution is 2.49. The van der Waals surface area contributed by atoms with E-state index in [1.807, 2.05) is 57.8 Å². The third kappa shape index (κ3) is 11.4. The predicted molar refractivity (Wildman–Crippen MR) is 197 cm³/mol. The van der Waals surface area contributed by atoms with Crippen molar-refractivity contribution in [2.45, 2.75) is 116 Å². The van der Waals surface area contributed by atoms with Gasteiger partial charge in [-0.05, 0) is 75.7 Å². The Morgan fingerprint density at radius 2 is 1.85 bits per heavy atom. The summed E-state index contributed by atoms with van der Waals surface area (Å²) in [6, 6.07) is 3.76. The first-order valence-corrected chi connectivity index (χ1v) is 22.9. The monoisotopic (exact) mass is 708 g/mol. The molecule has 0 saturated carbocycles. The Hall–Kier alpha value is -2.29. The molecule has 12 heteroatoms. The van der Waals surface area contributed by atoms with Gasteiger partial charge in [0.25, 0.3) is 0 Å². The number of epoxide rings is 1. The van der Waals surface area contributed by atoms with Crippen molar-refractivity contribution in [3.8, 4) is 5.75 Å². The molecule has 9 nitrogen and oxygen atoms in total. The molecule has 1 unspecified atom stereocenters. The zero-order chi connectivity index (χ0) is 36.1. The maximum Gasteiger partial charge on any atom is 0.232 e. The summed E-state index contributed by atoms with van der Waals surface area (Å²) in [6.45, 7) is 26.6. The van der Waals surface area contributed by atoms with Crippen LogP contribution in [0.25, 0.3) is 0 Å². The number of hydrogen-bond acceptors (Lipinski definition) is 7. The number of anilines is 1. The molecule has 0 radical (unpaired) electrons. The number of nitro groups is 1. The second-order valence-corrected chi connectivity index (χ2v) is 24.9. The lowest BCUT2D eigenvalue weighted by Crippen LogP contribution is -2.50. The molecule has 1 fully saturated rings. The third-order valence-electron chi connectivity index (χ3n) is 9.04. The summed E-state index contributed by atoms with van der Waals surface area (Å²) in [5.74, 6) is 0.431. The first-order chi connectivity index (χ1) is 21.5. The van der Waals surface area contributed by atoms with Crippen LogP contribution in [0.15, 0.2) is 48.6 Å². The molecule has 1 aromatic carbocycles. The summed E-state index contributed by atoms with van der Waals surface area (Å²) in [6.07, 6.45) is 6.87. The van der Waals surface area contributed by atoms with Crippen LogP contribution >= 0.6 is 11.6 Å². The average Bonchev–Trinajstić information content (AvgIpc) is 3.63. The number of amides is 1. The molecule has 1 aliphatic rings. The Bertz CT molecular complexity index is 1350. The molecule has 1 heterocycles. The molecule has 5 atom stereocenters. The topological polar surface area (TPSA) is 104 Å². The maximum absolute atomic E-state index is 14.0. The molecule has 1 amide bonds. The van der Waals surface area contributed by atoms with Crippen LogP contribution in [0.1, 0.15) is 53.5 Å². The van der Waals surface area contributed by atoms with Crippen LogP contribution in [0.5, 0.6) is 5.75 Å². The molecule has 0 aromatic heterocycles. The molecular weight excluding hydrogens is 652 g/mol. The Labute approximate surface area is 289 Å². The van der Waals surface area contributed by atoms with Gasteiger partial charge in [0.2, 0.25) is 12.5 Å². The molecule has 1 aliphatic heterocycles. The Morgan fingerprint density at radius 1 is 1.23 bits per heavy atom. The SMILES string of the molecule is C=C[C@@H](C)[C@@H]1O[C@@]1(C)[C@H](CC(=O)N(C)c1cc(C/C(C)=C/C=C/C(C[N+](=O)[O-])O[Si](C)(C)C)cc(OC)c1Cl)O[Si](C)(C)C(C)(C)C. The molecule has 0 aliphatic carbocycles. The number of carbonyl (C=O) groups excluding carboxylic acids is 1. The lowest BCUT2D eigenvalue weighted by Gasteiger charge is -2.40. The second kappa shape index (κ2) is 15.9. The zero-order valence-corrected chi connectivity index (χ0v) is 33.5. The molecule has 1 saturated heterocycles. The first-order valence-electron chi connectivity index (χ1n) is 16.2. The van der Waals surface area contributed by atoms with Crippen LogP contribution in [-0.4, -0.2) is 72.1 Å². The van der Waals surface area contributed by atoms with Crippen molar-refractivity contribution in [2.75, 3.05) is 25.6 Å². The summed E-state index contributed by atoms with van der Waals surface area (Å²) in [7, 11) is -0.962. The van der Waals surface area contributed by atoms with E-state index in [9.17, 15) is 14.9 Å². The van der Waals surface area contributed by atoms with E-state index in [0.29, 0.717) is 22.9 Å². The normalized spacial score (nSPS) is 20.9. The fraction of sp³-hybridized carbons (Fsp3) is 0.629. The highest BCUT2D eigenvalue weighted by Gasteiger charge is 2.61. The highest BCUT2D eigenvalue weighted by molar-refractivity contribution is 6.74. The van der Waals surface area contributed by atoms with E-state index in [1.165, 1.54) is 0 Å². The van der Waals surface area contributed by atoms with E-state index in [0.717, 1.165) is 11.1 Å². The van der Waals surface area contributed by atoms with Gasteiger partial charge < -0.3 is 23.2 Å². The van der Waals surface area contributed by atoms with Crippen molar-refractivity contribution >= 4 is 39.8 Å². The number of nitrogens with zero attached hydrogens (tertiary/aromatic N) is 2. The van der Waals surface area contributed by atoms with Gasteiger partial charge in [0.05, 0.1) is 31.4 Å². The zero-order valence-electron chi connectivity index (χ0n) is 30.7. The number of carbonyl (C=O) groups is 1. The number of halogens is 1. The summed E-state index contributed by atoms with van der Waals surface area (Å²) in [5, 5.41) is 11.4. The van der Waals surface area contributed by atoms with Crippen molar-refractivity contribution in [1.29, 1.82) is 0 Å². The molecular formula is C35H57ClN2O7Si2. The lowest BCUT2D eigenvalue weighted by molar-refractivity contribution is -0.486. The van der Waals surface area contributed by atoms with Gasteiger partial charge in [-0.1, -0.05) is 69.2 Å². The number of allylic oxidation sites excluding steroid dienone is 3. The Balaban J connectivity index is 2.35. The minimum absolute atomic E-state index is 0.0503. The lowest BCUT2D eigenvalue weighted by atomic mass is 9.91. The van der Waals surface area contributed by atoms with Gasteiger partial charge in [0.1, 0.15) is 22.5 Å². The van der Waals surface area contributed by atoms with E-state index < -0.39 is 34.4 Å². The molecule has 47 heavy (non-hydrogen) atoms. The van der Waals surface area contributed by atoms with Crippen LogP contribution < -0.4 is 9.64 Å². The van der Waals surface area contributed by atoms with E-state index in [1.54, 1.807) is 31.2 Å². The summed E-state index contributed by atoms with van der Waals surface area (Å²) in [4.78, 5) is 26.3. The van der Waals surface area contributed by atoms with Gasteiger partial charge in [-0.15, -0.1) is 6.58 Å². The van der Waals surface area contributed by atoms with Crippen LogP contribution in [0.4, 0.5) is 5.69 Å². The van der Waals surface area contributed by atoms with E-state index >= 15 is 0 Å². The van der Waals surface area contributed by atoms with Gasteiger partial charge in [0.15, 0.2) is 16.6 Å². The fourth-order valence-corrected chi connectivity index (χ4v) is 7.93. The average molecular weight is 709 g/mol. The number of rotatable bonds is 17. The molecule has 0 spiro atoms. The van der Waals surface area contributed by atoms with E-state index in [4.69, 9.17) is 29.9 Å². The molecule has 0 bridgehead atoms. The first kappa shape index (κ1) is 40.9. The van der Waals surface area contributed by atoms with Crippen molar-refractivity contribution < 1.29 is 28.0 Å². The van der Waals surface area contributed by atoms with Crippen molar-refractivity contribution in [2.24, 2.45) is 5.92 Å². The van der Waals surface area contributed by atoms with Gasteiger partial charge in [-0.3, -0.25) is 14.9 Å². The highest BCUT2D eigenvalue weighted by atomic mass is 35.5. The van der Waals surface area contributed by atoms with Gasteiger partial charge >= 0.3 is 0 Å². The Kier molecular flexibility index (Phi) is 13.9. The van der Waals surface area contributed by atoms with Crippen LogP contribution in [0.2, 0.25) is 42.8 Å².